The summed E-state index contributed by atoms with van der Waals surface area (Å²) in [5, 5.41) is 0. The number of esters is 1. The number of benzene rings is 1. The number of hydrogen-bond acceptors (Lipinski definition) is 5. The van der Waals surface area contributed by atoms with Crippen molar-refractivity contribution in [1.82, 2.24) is 9.55 Å². The lowest BCUT2D eigenvalue weighted by atomic mass is 10.3. The zero-order valence-corrected chi connectivity index (χ0v) is 15.7. The van der Waals surface area contributed by atoms with Crippen LogP contribution in [-0.2, 0) is 9.47 Å². The Morgan fingerprint density at radius 1 is 1.16 bits per heavy atom. The quantitative estimate of drug-likeness (QED) is 0.562. The van der Waals surface area contributed by atoms with Gasteiger partial charge in [-0.2, -0.15) is 4.98 Å². The van der Waals surface area contributed by atoms with Crippen molar-refractivity contribution >= 4 is 5.97 Å². The minimum Gasteiger partial charge on any atom is -0.465 e. The smallest absolute Gasteiger partial charge is 0.358 e. The van der Waals surface area contributed by atoms with Gasteiger partial charge in [0.15, 0.2) is 5.69 Å². The van der Waals surface area contributed by atoms with Gasteiger partial charge >= 0.3 is 12.0 Å². The number of carbonyl (C=O) groups excluding carboxylic acids is 1. The maximum atomic E-state index is 11.7. The maximum absolute atomic E-state index is 11.7. The van der Waals surface area contributed by atoms with Crippen LogP contribution in [0.1, 0.15) is 42.9 Å². The number of carbonyl (C=O) groups is 1. The zero-order valence-electron chi connectivity index (χ0n) is 15.7. The van der Waals surface area contributed by atoms with E-state index < -0.39 is 5.97 Å². The molecule has 138 valence electrons. The van der Waals surface area contributed by atoms with Gasteiger partial charge in [-0.3, -0.25) is 4.57 Å². The number of methoxy groups -OCH3 is 2. The van der Waals surface area contributed by atoms with Gasteiger partial charge in [0, 0.05) is 13.7 Å². The highest BCUT2D eigenvalue weighted by Crippen LogP contribution is 2.23. The van der Waals surface area contributed by atoms with Gasteiger partial charge in [-0.05, 0) is 32.4 Å². The van der Waals surface area contributed by atoms with Crippen LogP contribution >= 0.6 is 0 Å². The molecule has 0 N–H and O–H groups in total. The van der Waals surface area contributed by atoms with E-state index in [1.807, 2.05) is 44.2 Å². The summed E-state index contributed by atoms with van der Waals surface area (Å²) in [6.45, 7) is 7.23. The first-order valence-electron chi connectivity index (χ1n) is 8.45. The van der Waals surface area contributed by atoms with Crippen molar-refractivity contribution in [2.45, 2.75) is 33.6 Å². The molecule has 0 spiro atoms. The third-order valence-electron chi connectivity index (χ3n) is 3.45. The summed E-state index contributed by atoms with van der Waals surface area (Å²) in [6.07, 6.45) is 2.42. The van der Waals surface area contributed by atoms with Crippen molar-refractivity contribution in [3.8, 4) is 11.7 Å². The summed E-state index contributed by atoms with van der Waals surface area (Å²) >= 11 is 0. The van der Waals surface area contributed by atoms with Gasteiger partial charge < -0.3 is 14.2 Å². The van der Waals surface area contributed by atoms with Crippen molar-refractivity contribution in [3.05, 3.63) is 41.7 Å². The van der Waals surface area contributed by atoms with E-state index in [-0.39, 0.29) is 5.69 Å². The van der Waals surface area contributed by atoms with Crippen LogP contribution in [0.5, 0.6) is 6.01 Å². The topological polar surface area (TPSA) is 62.6 Å². The van der Waals surface area contributed by atoms with Crippen LogP contribution in [0.2, 0.25) is 0 Å². The summed E-state index contributed by atoms with van der Waals surface area (Å²) in [5.74, 6) is -0.465. The van der Waals surface area contributed by atoms with Crippen molar-refractivity contribution in [1.29, 1.82) is 0 Å². The Bertz CT molecular complexity index is 634. The SMILES string of the molecule is CCCCOC.CCOc1nc(C(=O)OC)c(C)n1-c1ccccc1. The number of nitrogens with zero attached hydrogens (tertiary/aromatic N) is 2. The number of ether oxygens (including phenoxy) is 3. The Balaban J connectivity index is 0.000000450. The molecule has 0 bridgehead atoms. The van der Waals surface area contributed by atoms with E-state index >= 15 is 0 Å². The lowest BCUT2D eigenvalue weighted by molar-refractivity contribution is 0.0593. The molecule has 0 saturated heterocycles. The second-order valence-electron chi connectivity index (χ2n) is 5.27. The molecule has 0 unspecified atom stereocenters. The molecule has 0 saturated carbocycles. The minimum absolute atomic E-state index is 0.273. The molecule has 0 aliphatic rings. The van der Waals surface area contributed by atoms with Gasteiger partial charge in [0.1, 0.15) is 0 Å². The van der Waals surface area contributed by atoms with Gasteiger partial charge in [-0.1, -0.05) is 31.5 Å². The van der Waals surface area contributed by atoms with Gasteiger partial charge in [0.05, 0.1) is 25.1 Å². The van der Waals surface area contributed by atoms with E-state index in [9.17, 15) is 4.79 Å². The number of unbranched alkanes of at least 4 members (excludes halogenated alkanes) is 1. The van der Waals surface area contributed by atoms with Gasteiger partial charge in [0.2, 0.25) is 0 Å². The molecule has 0 atom stereocenters. The summed E-state index contributed by atoms with van der Waals surface area (Å²) in [4.78, 5) is 15.9. The molecule has 0 radical (unpaired) electrons. The van der Waals surface area contributed by atoms with E-state index in [1.165, 1.54) is 20.0 Å². The zero-order chi connectivity index (χ0) is 18.7. The summed E-state index contributed by atoms with van der Waals surface area (Å²) in [5.41, 5.74) is 1.86. The first-order valence-corrected chi connectivity index (χ1v) is 8.45. The molecule has 25 heavy (non-hydrogen) atoms. The Morgan fingerprint density at radius 3 is 2.32 bits per heavy atom. The van der Waals surface area contributed by atoms with Gasteiger partial charge in [0.25, 0.3) is 0 Å². The van der Waals surface area contributed by atoms with Crippen LogP contribution in [0.25, 0.3) is 5.69 Å². The van der Waals surface area contributed by atoms with Crippen molar-refractivity contribution in [3.63, 3.8) is 0 Å². The summed E-state index contributed by atoms with van der Waals surface area (Å²) in [7, 11) is 3.07. The third kappa shape index (κ3) is 5.90. The Labute approximate surface area is 149 Å². The van der Waals surface area contributed by atoms with Gasteiger partial charge in [-0.25, -0.2) is 4.79 Å². The minimum atomic E-state index is -0.465. The number of imidazole rings is 1. The molecule has 6 heteroatoms. The van der Waals surface area contributed by atoms with E-state index in [4.69, 9.17) is 14.2 Å². The van der Waals surface area contributed by atoms with Crippen LogP contribution in [0, 0.1) is 6.92 Å². The van der Waals surface area contributed by atoms with Crippen LogP contribution in [0.3, 0.4) is 0 Å². The molecular weight excluding hydrogens is 320 g/mol. The van der Waals surface area contributed by atoms with Crippen molar-refractivity contribution in [2.75, 3.05) is 27.4 Å². The monoisotopic (exact) mass is 348 g/mol. The second kappa shape index (κ2) is 11.3. The van der Waals surface area contributed by atoms with Crippen LogP contribution < -0.4 is 4.74 Å². The van der Waals surface area contributed by atoms with Crippen molar-refractivity contribution in [2.24, 2.45) is 0 Å². The average molecular weight is 348 g/mol. The molecule has 1 heterocycles. The normalized spacial score (nSPS) is 9.96. The predicted molar refractivity (Wildman–Crippen MR) is 97.6 cm³/mol. The molecular formula is C19H28N2O4. The van der Waals surface area contributed by atoms with Crippen molar-refractivity contribution < 1.29 is 19.0 Å². The Kier molecular flexibility index (Phi) is 9.32. The maximum Gasteiger partial charge on any atom is 0.358 e. The van der Waals surface area contributed by atoms with Crippen LogP contribution in [-0.4, -0.2) is 43.0 Å². The fraction of sp³-hybridized carbons (Fsp3) is 0.474. The highest BCUT2D eigenvalue weighted by atomic mass is 16.5. The van der Waals surface area contributed by atoms with Crippen LogP contribution in [0.15, 0.2) is 30.3 Å². The van der Waals surface area contributed by atoms with Crippen LogP contribution in [0.4, 0.5) is 0 Å². The standard InChI is InChI=1S/C14H16N2O3.C5H12O/c1-4-19-14-15-12(13(17)18-3)10(2)16(14)11-8-6-5-7-9-11;1-3-4-5-6-2/h5-9H,4H2,1-3H3;3-5H2,1-2H3. The first-order chi connectivity index (χ1) is 12.1. The first kappa shape index (κ1) is 20.7. The number of rotatable bonds is 7. The second-order valence-corrected chi connectivity index (χ2v) is 5.27. The number of aromatic nitrogens is 2. The number of para-hydroxylation sites is 1. The Morgan fingerprint density at radius 2 is 1.84 bits per heavy atom. The lowest BCUT2D eigenvalue weighted by Crippen LogP contribution is -2.05. The van der Waals surface area contributed by atoms with E-state index in [1.54, 1.807) is 11.7 Å². The predicted octanol–water partition coefficient (Wildman–Crippen LogP) is 3.80. The molecule has 0 aliphatic heterocycles. The molecule has 6 nitrogen and oxygen atoms in total. The largest absolute Gasteiger partial charge is 0.465 e. The fourth-order valence-corrected chi connectivity index (χ4v) is 2.16. The lowest BCUT2D eigenvalue weighted by Gasteiger charge is -2.09. The van der Waals surface area contributed by atoms with E-state index in [0.717, 1.165) is 12.3 Å². The Hall–Kier alpha value is -2.34. The molecule has 2 rings (SSSR count). The van der Waals surface area contributed by atoms with E-state index in [2.05, 4.69) is 11.9 Å². The average Bonchev–Trinajstić information content (AvgIpc) is 2.97. The molecule has 0 aliphatic carbocycles. The molecule has 1 aromatic carbocycles. The summed E-state index contributed by atoms with van der Waals surface area (Å²) < 4.78 is 16.8. The molecule has 1 aromatic heterocycles. The fourth-order valence-electron chi connectivity index (χ4n) is 2.16. The highest BCUT2D eigenvalue weighted by Gasteiger charge is 2.21. The molecule has 2 aromatic rings. The third-order valence-corrected chi connectivity index (χ3v) is 3.45. The van der Waals surface area contributed by atoms with Gasteiger partial charge in [-0.15, -0.1) is 0 Å². The summed E-state index contributed by atoms with van der Waals surface area (Å²) in [6, 6.07) is 10.0. The molecule has 0 fully saturated rings. The highest BCUT2D eigenvalue weighted by molar-refractivity contribution is 5.89. The molecule has 0 amide bonds. The van der Waals surface area contributed by atoms with E-state index in [0.29, 0.717) is 18.3 Å². The number of hydrogen-bond donors (Lipinski definition) is 0.